The highest BCUT2D eigenvalue weighted by Gasteiger charge is 2.39. The summed E-state index contributed by atoms with van der Waals surface area (Å²) in [4.78, 5) is 2.82. The molecule has 2 aliphatic rings. The van der Waals surface area contributed by atoms with Gasteiger partial charge in [0.05, 0.1) is 0 Å². The van der Waals surface area contributed by atoms with Crippen LogP contribution < -0.4 is 5.32 Å². The molecule has 1 N–H and O–H groups in total. The second kappa shape index (κ2) is 5.50. The van der Waals surface area contributed by atoms with Gasteiger partial charge in [-0.15, -0.1) is 0 Å². The van der Waals surface area contributed by atoms with E-state index in [4.69, 9.17) is 0 Å². The Balaban J connectivity index is 2.11. The first-order valence-electron chi connectivity index (χ1n) is 7.91. The van der Waals surface area contributed by atoms with E-state index in [2.05, 4.69) is 44.8 Å². The van der Waals surface area contributed by atoms with Gasteiger partial charge in [-0.2, -0.15) is 0 Å². The SMILES string of the molecule is CC(C)C1CCCCC1N1CC(C)(C)NCC1C. The summed E-state index contributed by atoms with van der Waals surface area (Å²) in [7, 11) is 0. The van der Waals surface area contributed by atoms with Gasteiger partial charge in [-0.25, -0.2) is 0 Å². The van der Waals surface area contributed by atoms with Crippen molar-refractivity contribution in [3.8, 4) is 0 Å². The average Bonchev–Trinajstić information content (AvgIpc) is 2.32. The van der Waals surface area contributed by atoms with Crippen molar-refractivity contribution in [3.05, 3.63) is 0 Å². The van der Waals surface area contributed by atoms with Crippen molar-refractivity contribution in [2.45, 2.75) is 77.9 Å². The minimum Gasteiger partial charge on any atom is -0.309 e. The summed E-state index contributed by atoms with van der Waals surface area (Å²) in [5.74, 6) is 1.75. The Morgan fingerprint density at radius 1 is 1.17 bits per heavy atom. The molecule has 0 amide bonds. The minimum atomic E-state index is 0.283. The first kappa shape index (κ1) is 14.3. The van der Waals surface area contributed by atoms with Crippen molar-refractivity contribution >= 4 is 0 Å². The Hall–Kier alpha value is -0.0800. The highest BCUT2D eigenvalue weighted by atomic mass is 15.3. The molecule has 1 saturated heterocycles. The van der Waals surface area contributed by atoms with E-state index in [0.717, 1.165) is 24.4 Å². The zero-order chi connectivity index (χ0) is 13.3. The first-order valence-corrected chi connectivity index (χ1v) is 7.91. The normalized spacial score (nSPS) is 38.0. The van der Waals surface area contributed by atoms with Crippen molar-refractivity contribution < 1.29 is 0 Å². The van der Waals surface area contributed by atoms with E-state index in [9.17, 15) is 0 Å². The van der Waals surface area contributed by atoms with Gasteiger partial charge in [0.15, 0.2) is 0 Å². The summed E-state index contributed by atoms with van der Waals surface area (Å²) < 4.78 is 0. The Morgan fingerprint density at radius 3 is 2.50 bits per heavy atom. The van der Waals surface area contributed by atoms with Crippen LogP contribution in [0.25, 0.3) is 0 Å². The highest BCUT2D eigenvalue weighted by Crippen LogP contribution is 2.35. The van der Waals surface area contributed by atoms with Gasteiger partial charge < -0.3 is 5.32 Å². The molecule has 1 aliphatic carbocycles. The van der Waals surface area contributed by atoms with Crippen LogP contribution in [0.2, 0.25) is 0 Å². The third-order valence-corrected chi connectivity index (χ3v) is 5.08. The summed E-state index contributed by atoms with van der Waals surface area (Å²) >= 11 is 0. The Bertz CT molecular complexity index is 272. The Morgan fingerprint density at radius 2 is 1.83 bits per heavy atom. The monoisotopic (exact) mass is 252 g/mol. The molecule has 18 heavy (non-hydrogen) atoms. The zero-order valence-electron chi connectivity index (χ0n) is 13.0. The van der Waals surface area contributed by atoms with Crippen LogP contribution in [-0.4, -0.2) is 35.6 Å². The fourth-order valence-corrected chi connectivity index (χ4v) is 3.98. The number of nitrogens with one attached hydrogen (secondary N) is 1. The molecule has 0 spiro atoms. The standard InChI is InChI=1S/C16H32N2/c1-12(2)14-8-6-7-9-15(14)18-11-16(4,5)17-10-13(18)3/h12-15,17H,6-11H2,1-5H3. The van der Waals surface area contributed by atoms with Crippen LogP contribution in [0.1, 0.15) is 60.3 Å². The summed E-state index contributed by atoms with van der Waals surface area (Å²) in [6.07, 6.45) is 5.75. The fourth-order valence-electron chi connectivity index (χ4n) is 3.98. The molecule has 1 saturated carbocycles. The lowest BCUT2D eigenvalue weighted by atomic mass is 9.76. The molecular formula is C16H32N2. The molecule has 2 rings (SSSR count). The van der Waals surface area contributed by atoms with Crippen LogP contribution in [0.15, 0.2) is 0 Å². The van der Waals surface area contributed by atoms with Crippen molar-refractivity contribution in [2.24, 2.45) is 11.8 Å². The van der Waals surface area contributed by atoms with Crippen LogP contribution in [0.4, 0.5) is 0 Å². The van der Waals surface area contributed by atoms with Crippen LogP contribution in [0.3, 0.4) is 0 Å². The van der Waals surface area contributed by atoms with Crippen molar-refractivity contribution in [3.63, 3.8) is 0 Å². The molecule has 0 aromatic rings. The second-order valence-electron chi connectivity index (χ2n) is 7.55. The highest BCUT2D eigenvalue weighted by molar-refractivity contribution is 4.96. The molecule has 3 unspecified atom stereocenters. The number of rotatable bonds is 2. The molecule has 0 aromatic heterocycles. The molecule has 106 valence electrons. The third-order valence-electron chi connectivity index (χ3n) is 5.08. The van der Waals surface area contributed by atoms with Gasteiger partial charge >= 0.3 is 0 Å². The van der Waals surface area contributed by atoms with E-state index in [0.29, 0.717) is 6.04 Å². The predicted molar refractivity (Wildman–Crippen MR) is 78.8 cm³/mol. The summed E-state index contributed by atoms with van der Waals surface area (Å²) in [6.45, 7) is 14.3. The summed E-state index contributed by atoms with van der Waals surface area (Å²) in [5, 5.41) is 3.68. The van der Waals surface area contributed by atoms with E-state index in [1.54, 1.807) is 0 Å². The van der Waals surface area contributed by atoms with Gasteiger partial charge in [0, 0.05) is 30.7 Å². The van der Waals surface area contributed by atoms with Gasteiger partial charge in [-0.3, -0.25) is 4.90 Å². The zero-order valence-corrected chi connectivity index (χ0v) is 13.0. The molecule has 3 atom stereocenters. The first-order chi connectivity index (χ1) is 8.41. The van der Waals surface area contributed by atoms with E-state index in [1.165, 1.54) is 32.2 Å². The van der Waals surface area contributed by atoms with Gasteiger partial charge in [0.25, 0.3) is 0 Å². The van der Waals surface area contributed by atoms with Gasteiger partial charge in [0.1, 0.15) is 0 Å². The van der Waals surface area contributed by atoms with Crippen molar-refractivity contribution in [1.82, 2.24) is 10.2 Å². The molecular weight excluding hydrogens is 220 g/mol. The van der Waals surface area contributed by atoms with E-state index >= 15 is 0 Å². The maximum atomic E-state index is 3.68. The maximum absolute atomic E-state index is 3.68. The number of nitrogens with zero attached hydrogens (tertiary/aromatic N) is 1. The van der Waals surface area contributed by atoms with Crippen LogP contribution in [-0.2, 0) is 0 Å². The summed E-state index contributed by atoms with van der Waals surface area (Å²) in [5.41, 5.74) is 0.283. The molecule has 0 radical (unpaired) electrons. The third kappa shape index (κ3) is 3.08. The number of piperazine rings is 1. The fraction of sp³-hybridized carbons (Fsp3) is 1.00. The van der Waals surface area contributed by atoms with Gasteiger partial charge in [-0.05, 0) is 45.4 Å². The van der Waals surface area contributed by atoms with Gasteiger partial charge in [-0.1, -0.05) is 26.7 Å². The lowest BCUT2D eigenvalue weighted by Crippen LogP contribution is -2.64. The second-order valence-corrected chi connectivity index (χ2v) is 7.55. The van der Waals surface area contributed by atoms with Crippen LogP contribution in [0, 0.1) is 11.8 Å². The molecule has 0 aromatic carbocycles. The Kier molecular flexibility index (Phi) is 4.38. The lowest BCUT2D eigenvalue weighted by Gasteiger charge is -2.51. The summed E-state index contributed by atoms with van der Waals surface area (Å²) in [6, 6.07) is 1.53. The average molecular weight is 252 g/mol. The lowest BCUT2D eigenvalue weighted by molar-refractivity contribution is 0.00573. The number of hydrogen-bond acceptors (Lipinski definition) is 2. The predicted octanol–water partition coefficient (Wildman–Crippen LogP) is 3.27. The van der Waals surface area contributed by atoms with Crippen molar-refractivity contribution in [1.29, 1.82) is 0 Å². The van der Waals surface area contributed by atoms with E-state index in [1.807, 2.05) is 0 Å². The largest absolute Gasteiger partial charge is 0.309 e. The van der Waals surface area contributed by atoms with Crippen LogP contribution in [0.5, 0.6) is 0 Å². The quantitative estimate of drug-likeness (QED) is 0.811. The molecule has 2 nitrogen and oxygen atoms in total. The molecule has 1 heterocycles. The van der Waals surface area contributed by atoms with Crippen molar-refractivity contribution in [2.75, 3.05) is 13.1 Å². The van der Waals surface area contributed by atoms with Crippen LogP contribution >= 0.6 is 0 Å². The smallest absolute Gasteiger partial charge is 0.0253 e. The number of hydrogen-bond donors (Lipinski definition) is 1. The molecule has 1 aliphatic heterocycles. The van der Waals surface area contributed by atoms with E-state index < -0.39 is 0 Å². The maximum Gasteiger partial charge on any atom is 0.0253 e. The molecule has 2 fully saturated rings. The minimum absolute atomic E-state index is 0.283. The molecule has 0 bridgehead atoms. The van der Waals surface area contributed by atoms with E-state index in [-0.39, 0.29) is 5.54 Å². The molecule has 2 heteroatoms. The topological polar surface area (TPSA) is 15.3 Å². The van der Waals surface area contributed by atoms with Gasteiger partial charge in [0.2, 0.25) is 0 Å². The Labute approximate surface area is 114 Å².